The fraction of sp³-hybridized carbons (Fsp3) is 0.182. The Hall–Kier alpha value is -1.87. The minimum absolute atomic E-state index is 0.390. The highest BCUT2D eigenvalue weighted by Crippen LogP contribution is 2.11. The number of amides is 1. The van der Waals surface area contributed by atoms with Crippen molar-refractivity contribution in [2.45, 2.75) is 4.83 Å². The molecule has 0 bridgehead atoms. The first-order valence-electron chi connectivity index (χ1n) is 4.61. The zero-order valence-corrected chi connectivity index (χ0v) is 10.5. The van der Waals surface area contributed by atoms with Gasteiger partial charge in [-0.05, 0) is 24.3 Å². The molecule has 0 aliphatic heterocycles. The summed E-state index contributed by atoms with van der Waals surface area (Å²) < 4.78 is 4.54. The average Bonchev–Trinajstić information content (AvgIpc) is 2.37. The van der Waals surface area contributed by atoms with E-state index < -0.39 is 16.7 Å². The van der Waals surface area contributed by atoms with Crippen LogP contribution in [-0.2, 0) is 9.53 Å². The second-order valence-corrected chi connectivity index (χ2v) is 3.97. The van der Waals surface area contributed by atoms with E-state index in [0.717, 1.165) is 0 Å². The Morgan fingerprint density at radius 1 is 1.41 bits per heavy atom. The van der Waals surface area contributed by atoms with Gasteiger partial charge < -0.3 is 10.1 Å². The van der Waals surface area contributed by atoms with Gasteiger partial charge in [-0.25, -0.2) is 4.79 Å². The number of nitrogens with zero attached hydrogens (tertiary/aromatic N) is 1. The van der Waals surface area contributed by atoms with E-state index in [1.807, 2.05) is 0 Å². The van der Waals surface area contributed by atoms with Crippen LogP contribution in [0.5, 0.6) is 0 Å². The Labute approximate surface area is 107 Å². The number of esters is 1. The number of rotatable bonds is 3. The highest BCUT2D eigenvalue weighted by atomic mass is 79.9. The van der Waals surface area contributed by atoms with Crippen molar-refractivity contribution in [2.75, 3.05) is 12.4 Å². The van der Waals surface area contributed by atoms with Crippen molar-refractivity contribution in [2.24, 2.45) is 0 Å². The van der Waals surface area contributed by atoms with Crippen LogP contribution in [0.1, 0.15) is 10.4 Å². The quantitative estimate of drug-likeness (QED) is 0.680. The summed E-state index contributed by atoms with van der Waals surface area (Å²) in [5, 5.41) is 11.0. The number of halogens is 1. The van der Waals surface area contributed by atoms with Gasteiger partial charge in [-0.3, -0.25) is 4.79 Å². The molecule has 1 atom stereocenters. The number of carbonyl (C=O) groups is 2. The van der Waals surface area contributed by atoms with Crippen molar-refractivity contribution in [3.63, 3.8) is 0 Å². The van der Waals surface area contributed by atoms with Crippen LogP contribution in [0.15, 0.2) is 24.3 Å². The third-order valence-corrected chi connectivity index (χ3v) is 2.54. The van der Waals surface area contributed by atoms with Gasteiger partial charge in [0, 0.05) is 5.69 Å². The fourth-order valence-corrected chi connectivity index (χ4v) is 1.19. The lowest BCUT2D eigenvalue weighted by atomic mass is 10.2. The smallest absolute Gasteiger partial charge is 0.337 e. The fourth-order valence-electron chi connectivity index (χ4n) is 1.07. The lowest BCUT2D eigenvalue weighted by Gasteiger charge is -2.05. The molecule has 0 aliphatic carbocycles. The Morgan fingerprint density at radius 3 is 2.47 bits per heavy atom. The van der Waals surface area contributed by atoms with E-state index in [1.165, 1.54) is 19.2 Å². The summed E-state index contributed by atoms with van der Waals surface area (Å²) in [6.07, 6.45) is 0. The van der Waals surface area contributed by atoms with E-state index in [4.69, 9.17) is 5.26 Å². The first kappa shape index (κ1) is 13.2. The minimum atomic E-state index is -0.900. The summed E-state index contributed by atoms with van der Waals surface area (Å²) in [7, 11) is 1.29. The molecule has 0 fully saturated rings. The van der Waals surface area contributed by atoms with E-state index in [0.29, 0.717) is 11.3 Å². The molecule has 1 aromatic rings. The maximum absolute atomic E-state index is 11.3. The number of benzene rings is 1. The van der Waals surface area contributed by atoms with Crippen molar-refractivity contribution in [1.82, 2.24) is 0 Å². The van der Waals surface area contributed by atoms with Gasteiger partial charge in [-0.15, -0.1) is 0 Å². The predicted molar refractivity (Wildman–Crippen MR) is 64.7 cm³/mol. The molecule has 0 heterocycles. The number of hydrogen-bond donors (Lipinski definition) is 1. The van der Waals surface area contributed by atoms with Gasteiger partial charge in [-0.1, -0.05) is 15.9 Å². The zero-order chi connectivity index (χ0) is 12.8. The molecule has 1 rings (SSSR count). The third kappa shape index (κ3) is 3.57. The Kier molecular flexibility index (Phi) is 4.67. The van der Waals surface area contributed by atoms with E-state index in [2.05, 4.69) is 26.0 Å². The molecule has 1 unspecified atom stereocenters. The van der Waals surface area contributed by atoms with E-state index in [-0.39, 0.29) is 0 Å². The molecule has 0 spiro atoms. The van der Waals surface area contributed by atoms with Crippen molar-refractivity contribution in [3.05, 3.63) is 29.8 Å². The topological polar surface area (TPSA) is 79.2 Å². The maximum Gasteiger partial charge on any atom is 0.337 e. The van der Waals surface area contributed by atoms with Crippen LogP contribution in [0, 0.1) is 11.3 Å². The summed E-state index contributed by atoms with van der Waals surface area (Å²) in [6.45, 7) is 0. The van der Waals surface area contributed by atoms with Gasteiger partial charge in [0.15, 0.2) is 4.83 Å². The van der Waals surface area contributed by atoms with Crippen LogP contribution < -0.4 is 5.32 Å². The molecule has 0 saturated carbocycles. The third-order valence-electron chi connectivity index (χ3n) is 1.92. The van der Waals surface area contributed by atoms with Crippen LogP contribution in [0.25, 0.3) is 0 Å². The molecule has 1 aromatic carbocycles. The highest BCUT2D eigenvalue weighted by molar-refractivity contribution is 9.10. The normalized spacial score (nSPS) is 11.1. The number of nitriles is 1. The molecule has 0 aromatic heterocycles. The first-order valence-corrected chi connectivity index (χ1v) is 5.53. The zero-order valence-electron chi connectivity index (χ0n) is 8.94. The number of carbonyl (C=O) groups excluding carboxylic acids is 2. The van der Waals surface area contributed by atoms with Crippen molar-refractivity contribution in [3.8, 4) is 6.07 Å². The molecule has 0 radical (unpaired) electrons. The second-order valence-electron chi connectivity index (χ2n) is 3.05. The number of methoxy groups -OCH3 is 1. The number of anilines is 1. The number of nitrogens with one attached hydrogen (secondary N) is 1. The number of hydrogen-bond acceptors (Lipinski definition) is 4. The molecular weight excluding hydrogens is 288 g/mol. The lowest BCUT2D eigenvalue weighted by molar-refractivity contribution is -0.114. The molecular formula is C11H9BrN2O3. The van der Waals surface area contributed by atoms with Crippen LogP contribution in [0.4, 0.5) is 5.69 Å². The summed E-state index contributed by atoms with van der Waals surface area (Å²) in [6, 6.07) is 7.92. The average molecular weight is 297 g/mol. The lowest BCUT2D eigenvalue weighted by Crippen LogP contribution is -2.21. The minimum Gasteiger partial charge on any atom is -0.465 e. The highest BCUT2D eigenvalue weighted by Gasteiger charge is 2.13. The standard InChI is InChI=1S/C11H9BrN2O3/c1-17-11(16)7-2-4-8(5-3-7)14-10(15)9(12)6-13/h2-5,9H,1H3,(H,14,15). The van der Waals surface area contributed by atoms with E-state index >= 15 is 0 Å². The molecule has 0 saturated heterocycles. The van der Waals surface area contributed by atoms with E-state index in [9.17, 15) is 9.59 Å². The van der Waals surface area contributed by atoms with Gasteiger partial charge in [0.25, 0.3) is 5.91 Å². The van der Waals surface area contributed by atoms with Gasteiger partial charge in [0.05, 0.1) is 18.7 Å². The first-order chi connectivity index (χ1) is 8.08. The molecule has 6 heteroatoms. The SMILES string of the molecule is COC(=O)c1ccc(NC(=O)C(Br)C#N)cc1. The van der Waals surface area contributed by atoms with Crippen molar-refractivity contribution < 1.29 is 14.3 Å². The van der Waals surface area contributed by atoms with Gasteiger partial charge in [-0.2, -0.15) is 5.26 Å². The van der Waals surface area contributed by atoms with Crippen LogP contribution in [0.2, 0.25) is 0 Å². The monoisotopic (exact) mass is 296 g/mol. The molecule has 17 heavy (non-hydrogen) atoms. The summed E-state index contributed by atoms with van der Waals surface area (Å²) >= 11 is 2.90. The van der Waals surface area contributed by atoms with Gasteiger partial charge in [0.1, 0.15) is 0 Å². The van der Waals surface area contributed by atoms with Crippen molar-refractivity contribution >= 4 is 33.5 Å². The largest absolute Gasteiger partial charge is 0.465 e. The Balaban J connectivity index is 2.73. The summed E-state index contributed by atoms with van der Waals surface area (Å²) in [5.41, 5.74) is 0.892. The molecule has 88 valence electrons. The summed E-state index contributed by atoms with van der Waals surface area (Å²) in [4.78, 5) is 21.6. The maximum atomic E-state index is 11.3. The predicted octanol–water partition coefficient (Wildman–Crippen LogP) is 1.70. The molecule has 1 amide bonds. The second kappa shape index (κ2) is 6.01. The number of alkyl halides is 1. The molecule has 1 N–H and O–H groups in total. The van der Waals surface area contributed by atoms with Crippen LogP contribution in [0.3, 0.4) is 0 Å². The Bertz CT molecular complexity index is 465. The Morgan fingerprint density at radius 2 is 2.00 bits per heavy atom. The number of ether oxygens (including phenoxy) is 1. The summed E-state index contributed by atoms with van der Waals surface area (Å²) in [5.74, 6) is -0.906. The van der Waals surface area contributed by atoms with Gasteiger partial charge >= 0.3 is 5.97 Å². The molecule has 5 nitrogen and oxygen atoms in total. The van der Waals surface area contributed by atoms with Crippen molar-refractivity contribution in [1.29, 1.82) is 5.26 Å². The molecule has 0 aliphatic rings. The van der Waals surface area contributed by atoms with Crippen LogP contribution >= 0.6 is 15.9 Å². The van der Waals surface area contributed by atoms with E-state index in [1.54, 1.807) is 18.2 Å². The van der Waals surface area contributed by atoms with Gasteiger partial charge in [0.2, 0.25) is 0 Å². The van der Waals surface area contributed by atoms with Crippen LogP contribution in [-0.4, -0.2) is 23.8 Å².